The molecule has 0 aromatic heterocycles. The predicted octanol–water partition coefficient (Wildman–Crippen LogP) is 7.00. The van der Waals surface area contributed by atoms with Crippen molar-refractivity contribution in [1.82, 2.24) is 0 Å². The molecule has 154 valence electrons. The topological polar surface area (TPSA) is 55.8 Å². The maximum atomic E-state index is 11.9. The van der Waals surface area contributed by atoms with Gasteiger partial charge in [-0.2, -0.15) is 0 Å². The first-order valence-electron chi connectivity index (χ1n) is 9.67. The van der Waals surface area contributed by atoms with Gasteiger partial charge in [0.05, 0.1) is 0 Å². The highest BCUT2D eigenvalue weighted by atomic mass is 35.5. The molecule has 0 aliphatic heterocycles. The molecule has 0 saturated carbocycles. The van der Waals surface area contributed by atoms with Crippen molar-refractivity contribution in [3.8, 4) is 28.4 Å². The Morgan fingerprint density at radius 1 is 0.710 bits per heavy atom. The van der Waals surface area contributed by atoms with Gasteiger partial charge in [0.1, 0.15) is 17.2 Å². The molecule has 4 aromatic rings. The Labute approximate surface area is 185 Å². The number of hydrogen-bond acceptors (Lipinski definition) is 3. The summed E-state index contributed by atoms with van der Waals surface area (Å²) in [4.78, 5) is 11.9. The van der Waals surface area contributed by atoms with Gasteiger partial charge in [0.25, 0.3) is 0 Å². The largest absolute Gasteiger partial charge is 0.478 e. The van der Waals surface area contributed by atoms with Crippen molar-refractivity contribution in [3.63, 3.8) is 0 Å². The molecule has 1 unspecified atom stereocenters. The molecule has 0 fully saturated rings. The fraction of sp³-hybridized carbons (Fsp3) is 0.0385. The summed E-state index contributed by atoms with van der Waals surface area (Å²) in [7, 11) is 0. The third-order valence-electron chi connectivity index (χ3n) is 4.65. The van der Waals surface area contributed by atoms with Gasteiger partial charge in [0.15, 0.2) is 0 Å². The number of aliphatic carboxylic acids is 1. The van der Waals surface area contributed by atoms with Crippen molar-refractivity contribution in [2.24, 2.45) is 0 Å². The first-order valence-corrected chi connectivity index (χ1v) is 10.0. The van der Waals surface area contributed by atoms with Crippen LogP contribution in [0.25, 0.3) is 11.1 Å². The summed E-state index contributed by atoms with van der Waals surface area (Å²) in [6.45, 7) is 0. The molecule has 4 aromatic carbocycles. The molecule has 4 nitrogen and oxygen atoms in total. The highest BCUT2D eigenvalue weighted by Gasteiger charge is 2.22. The van der Waals surface area contributed by atoms with Gasteiger partial charge in [0, 0.05) is 10.6 Å². The normalized spacial score (nSPS) is 11.5. The molecule has 0 aliphatic rings. The van der Waals surface area contributed by atoms with Crippen molar-refractivity contribution in [2.75, 3.05) is 0 Å². The molecule has 0 bridgehead atoms. The van der Waals surface area contributed by atoms with Crippen LogP contribution in [0.3, 0.4) is 0 Å². The Morgan fingerprint density at radius 3 is 1.97 bits per heavy atom. The summed E-state index contributed by atoms with van der Waals surface area (Å²) in [5.41, 5.74) is 2.50. The van der Waals surface area contributed by atoms with Crippen molar-refractivity contribution in [1.29, 1.82) is 0 Å². The molecule has 0 amide bonds. The molecular weight excluding hydrogens is 412 g/mol. The molecule has 5 heteroatoms. The first kappa shape index (κ1) is 20.5. The number of ether oxygens (including phenoxy) is 2. The van der Waals surface area contributed by atoms with Crippen molar-refractivity contribution in [3.05, 3.63) is 114 Å². The lowest BCUT2D eigenvalue weighted by atomic mass is 10.1. The van der Waals surface area contributed by atoms with Crippen LogP contribution in [0.2, 0.25) is 5.02 Å². The smallest absolute Gasteiger partial charge is 0.349 e. The minimum absolute atomic E-state index is 0.482. The van der Waals surface area contributed by atoms with E-state index in [2.05, 4.69) is 0 Å². The van der Waals surface area contributed by atoms with Crippen molar-refractivity contribution < 1.29 is 19.4 Å². The monoisotopic (exact) mass is 430 g/mol. The van der Waals surface area contributed by atoms with Gasteiger partial charge in [-0.1, -0.05) is 66.2 Å². The van der Waals surface area contributed by atoms with Crippen LogP contribution in [0.4, 0.5) is 0 Å². The maximum Gasteiger partial charge on any atom is 0.349 e. The zero-order valence-corrected chi connectivity index (χ0v) is 17.2. The lowest BCUT2D eigenvalue weighted by Gasteiger charge is -2.17. The van der Waals surface area contributed by atoms with Crippen LogP contribution >= 0.6 is 11.6 Å². The molecule has 0 spiro atoms. The van der Waals surface area contributed by atoms with Crippen LogP contribution in [0, 0.1) is 0 Å². The molecular formula is C26H19ClO4. The summed E-state index contributed by atoms with van der Waals surface area (Å²) >= 11 is 5.89. The standard InChI is InChI=1S/C26H19ClO4/c27-21-11-15-23(16-12-21)30-22-13-9-19(10-14-22)25(26(28)29)31-24-8-4-7-20(17-24)18-5-2-1-3-6-18/h1-17,25H,(H,28,29). The molecule has 31 heavy (non-hydrogen) atoms. The highest BCUT2D eigenvalue weighted by molar-refractivity contribution is 6.30. The zero-order valence-electron chi connectivity index (χ0n) is 16.4. The second-order valence-electron chi connectivity index (χ2n) is 6.86. The van der Waals surface area contributed by atoms with Crippen LogP contribution in [-0.4, -0.2) is 11.1 Å². The number of carbonyl (C=O) groups is 1. The van der Waals surface area contributed by atoms with Gasteiger partial charge in [-0.25, -0.2) is 4.79 Å². The van der Waals surface area contributed by atoms with Gasteiger partial charge in [-0.3, -0.25) is 0 Å². The number of hydrogen-bond donors (Lipinski definition) is 1. The van der Waals surface area contributed by atoms with Crippen molar-refractivity contribution >= 4 is 17.6 Å². The van der Waals surface area contributed by atoms with Crippen LogP contribution in [0.1, 0.15) is 11.7 Å². The van der Waals surface area contributed by atoms with Gasteiger partial charge in [0.2, 0.25) is 6.10 Å². The second kappa shape index (κ2) is 9.37. The van der Waals surface area contributed by atoms with E-state index in [0.29, 0.717) is 27.8 Å². The Balaban J connectivity index is 1.51. The average Bonchev–Trinajstić information content (AvgIpc) is 2.80. The number of carboxylic acids is 1. The minimum Gasteiger partial charge on any atom is -0.478 e. The van der Waals surface area contributed by atoms with Crippen LogP contribution in [-0.2, 0) is 4.79 Å². The van der Waals surface area contributed by atoms with Gasteiger partial charge in [-0.05, 0) is 59.7 Å². The van der Waals surface area contributed by atoms with E-state index in [1.54, 1.807) is 54.6 Å². The lowest BCUT2D eigenvalue weighted by molar-refractivity contribution is -0.145. The summed E-state index contributed by atoms with van der Waals surface area (Å²) in [5.74, 6) is 0.633. The fourth-order valence-corrected chi connectivity index (χ4v) is 3.25. The minimum atomic E-state index is -1.14. The maximum absolute atomic E-state index is 11.9. The third kappa shape index (κ3) is 5.24. The second-order valence-corrected chi connectivity index (χ2v) is 7.29. The molecule has 0 radical (unpaired) electrons. The third-order valence-corrected chi connectivity index (χ3v) is 4.90. The van der Waals surface area contributed by atoms with Gasteiger partial charge >= 0.3 is 5.97 Å². The molecule has 4 rings (SSSR count). The number of benzene rings is 4. The number of rotatable bonds is 7. The van der Waals surface area contributed by atoms with E-state index in [0.717, 1.165) is 11.1 Å². The van der Waals surface area contributed by atoms with E-state index >= 15 is 0 Å². The first-order chi connectivity index (χ1) is 15.1. The Bertz CT molecular complexity index is 1160. The number of halogens is 1. The number of carboxylic acid groups (broad SMARTS) is 1. The molecule has 1 atom stereocenters. The Kier molecular flexibility index (Phi) is 6.20. The van der Waals surface area contributed by atoms with Crippen LogP contribution < -0.4 is 9.47 Å². The highest BCUT2D eigenvalue weighted by Crippen LogP contribution is 2.29. The average molecular weight is 431 g/mol. The quantitative estimate of drug-likeness (QED) is 0.343. The van der Waals surface area contributed by atoms with Crippen LogP contribution in [0.5, 0.6) is 17.2 Å². The van der Waals surface area contributed by atoms with E-state index in [1.165, 1.54) is 0 Å². The Hall–Kier alpha value is -3.76. The summed E-state index contributed by atoms with van der Waals surface area (Å²) < 4.78 is 11.6. The molecule has 0 aliphatic carbocycles. The van der Waals surface area contributed by atoms with Crippen molar-refractivity contribution in [2.45, 2.75) is 6.10 Å². The Morgan fingerprint density at radius 2 is 1.32 bits per heavy atom. The van der Waals surface area contributed by atoms with E-state index in [1.807, 2.05) is 48.5 Å². The zero-order chi connectivity index (χ0) is 21.6. The lowest BCUT2D eigenvalue weighted by Crippen LogP contribution is -2.18. The summed E-state index contributed by atoms with van der Waals surface area (Å²) in [5, 5.41) is 10.4. The van der Waals surface area contributed by atoms with E-state index in [4.69, 9.17) is 21.1 Å². The molecule has 0 heterocycles. The SMILES string of the molecule is O=C(O)C(Oc1cccc(-c2ccccc2)c1)c1ccc(Oc2ccc(Cl)cc2)cc1. The van der Waals surface area contributed by atoms with E-state index < -0.39 is 12.1 Å². The van der Waals surface area contributed by atoms with E-state index in [-0.39, 0.29) is 0 Å². The van der Waals surface area contributed by atoms with Crippen LogP contribution in [0.15, 0.2) is 103 Å². The summed E-state index contributed by atoms with van der Waals surface area (Å²) in [6, 6.07) is 31.0. The fourth-order valence-electron chi connectivity index (χ4n) is 3.13. The molecule has 0 saturated heterocycles. The van der Waals surface area contributed by atoms with Gasteiger partial charge in [-0.15, -0.1) is 0 Å². The van der Waals surface area contributed by atoms with E-state index in [9.17, 15) is 9.90 Å². The van der Waals surface area contributed by atoms with Gasteiger partial charge < -0.3 is 14.6 Å². The molecule has 1 N–H and O–H groups in total. The predicted molar refractivity (Wildman–Crippen MR) is 121 cm³/mol. The summed E-state index contributed by atoms with van der Waals surface area (Å²) in [6.07, 6.45) is -1.14.